The number of amides is 2. The van der Waals surface area contributed by atoms with Gasteiger partial charge in [0.05, 0.1) is 0 Å². The summed E-state index contributed by atoms with van der Waals surface area (Å²) in [6.07, 6.45) is -0.571. The molecule has 0 unspecified atom stereocenters. The van der Waals surface area contributed by atoms with Crippen LogP contribution >= 0.6 is 0 Å². The van der Waals surface area contributed by atoms with Gasteiger partial charge in [0, 0.05) is 32.7 Å². The summed E-state index contributed by atoms with van der Waals surface area (Å²) in [5, 5.41) is 2.69. The number of carbonyl (C=O) groups is 2. The molecular weight excluding hydrogens is 330 g/mol. The van der Waals surface area contributed by atoms with Crippen molar-refractivity contribution in [1.82, 2.24) is 15.1 Å². The summed E-state index contributed by atoms with van der Waals surface area (Å²) in [4.78, 5) is 29.0. The summed E-state index contributed by atoms with van der Waals surface area (Å²) < 4.78 is 5.27. The van der Waals surface area contributed by atoms with Gasteiger partial charge in [0.2, 0.25) is 5.91 Å². The Bertz CT molecular complexity index is 615. The molecule has 6 nitrogen and oxygen atoms in total. The number of ether oxygens (including phenoxy) is 1. The molecule has 2 rings (SSSR count). The lowest BCUT2D eigenvalue weighted by Gasteiger charge is -2.39. The minimum atomic E-state index is -0.996. The van der Waals surface area contributed by atoms with Gasteiger partial charge >= 0.3 is 6.09 Å². The number of hydrogen-bond acceptors (Lipinski definition) is 4. The van der Waals surface area contributed by atoms with E-state index in [4.69, 9.17) is 4.74 Å². The van der Waals surface area contributed by atoms with E-state index in [2.05, 4.69) is 22.3 Å². The van der Waals surface area contributed by atoms with Gasteiger partial charge in [-0.2, -0.15) is 0 Å². The smallest absolute Gasteiger partial charge is 0.408 e. The highest BCUT2D eigenvalue weighted by Crippen LogP contribution is 2.15. The van der Waals surface area contributed by atoms with Crippen molar-refractivity contribution in [3.63, 3.8) is 0 Å². The van der Waals surface area contributed by atoms with Crippen LogP contribution in [0.15, 0.2) is 30.3 Å². The summed E-state index contributed by atoms with van der Waals surface area (Å²) in [6.45, 7) is 12.7. The zero-order valence-corrected chi connectivity index (χ0v) is 16.5. The van der Waals surface area contributed by atoms with Crippen LogP contribution in [0.25, 0.3) is 0 Å². The summed E-state index contributed by atoms with van der Waals surface area (Å²) in [5.41, 5.74) is -0.310. The van der Waals surface area contributed by atoms with Crippen LogP contribution in [0.5, 0.6) is 0 Å². The number of piperazine rings is 1. The van der Waals surface area contributed by atoms with Gasteiger partial charge in [-0.3, -0.25) is 9.69 Å². The van der Waals surface area contributed by atoms with Gasteiger partial charge < -0.3 is 15.0 Å². The second-order valence-electron chi connectivity index (χ2n) is 8.31. The van der Waals surface area contributed by atoms with Crippen molar-refractivity contribution in [3.05, 3.63) is 35.9 Å². The first-order valence-corrected chi connectivity index (χ1v) is 9.14. The minimum Gasteiger partial charge on any atom is -0.444 e. The second-order valence-corrected chi connectivity index (χ2v) is 8.31. The van der Waals surface area contributed by atoms with E-state index in [9.17, 15) is 9.59 Å². The molecule has 1 aliphatic rings. The third-order valence-corrected chi connectivity index (χ3v) is 4.26. The lowest BCUT2D eigenvalue weighted by Crippen LogP contribution is -2.60. The van der Waals surface area contributed by atoms with Crippen molar-refractivity contribution in [3.8, 4) is 0 Å². The molecule has 0 aromatic heterocycles. The summed E-state index contributed by atoms with van der Waals surface area (Å²) in [7, 11) is 0. The molecule has 1 aromatic carbocycles. The Balaban J connectivity index is 1.85. The van der Waals surface area contributed by atoms with Gasteiger partial charge in [-0.1, -0.05) is 30.3 Å². The number of hydrogen-bond donors (Lipinski definition) is 1. The maximum atomic E-state index is 12.8. The first-order valence-electron chi connectivity index (χ1n) is 9.14. The lowest BCUT2D eigenvalue weighted by molar-refractivity contribution is -0.139. The number of nitrogens with zero attached hydrogens (tertiary/aromatic N) is 2. The Morgan fingerprint density at radius 1 is 1.00 bits per heavy atom. The predicted molar refractivity (Wildman–Crippen MR) is 102 cm³/mol. The Hall–Kier alpha value is -2.08. The fourth-order valence-electron chi connectivity index (χ4n) is 2.96. The molecule has 0 atom stereocenters. The summed E-state index contributed by atoms with van der Waals surface area (Å²) in [5.74, 6) is -0.0808. The van der Waals surface area contributed by atoms with Crippen LogP contribution in [-0.4, -0.2) is 59.1 Å². The molecule has 1 aromatic rings. The van der Waals surface area contributed by atoms with Crippen LogP contribution in [-0.2, 0) is 16.1 Å². The largest absolute Gasteiger partial charge is 0.444 e. The average Bonchev–Trinajstić information content (AvgIpc) is 2.53. The van der Waals surface area contributed by atoms with E-state index in [0.29, 0.717) is 13.1 Å². The standard InChI is InChI=1S/C20H31N3O3/c1-19(2,3)26-18(25)21-20(4,5)17(24)23-13-11-22(12-14-23)15-16-9-7-6-8-10-16/h6-10H,11-15H2,1-5H3,(H,21,25). The van der Waals surface area contributed by atoms with Crippen LogP contribution in [0.1, 0.15) is 40.2 Å². The molecule has 0 bridgehead atoms. The normalized spacial score (nSPS) is 16.3. The molecule has 1 N–H and O–H groups in total. The number of alkyl carbamates (subject to hydrolysis) is 1. The maximum Gasteiger partial charge on any atom is 0.408 e. The van der Waals surface area contributed by atoms with E-state index >= 15 is 0 Å². The molecule has 0 saturated carbocycles. The van der Waals surface area contributed by atoms with Gasteiger partial charge in [0.25, 0.3) is 0 Å². The van der Waals surface area contributed by atoms with E-state index in [1.165, 1.54) is 5.56 Å². The van der Waals surface area contributed by atoms with Crippen LogP contribution in [0.2, 0.25) is 0 Å². The van der Waals surface area contributed by atoms with Gasteiger partial charge in [-0.25, -0.2) is 4.79 Å². The molecule has 6 heteroatoms. The number of carbonyl (C=O) groups excluding carboxylic acids is 2. The van der Waals surface area contributed by atoms with E-state index in [-0.39, 0.29) is 5.91 Å². The number of rotatable bonds is 4. The second kappa shape index (κ2) is 8.08. The highest BCUT2D eigenvalue weighted by molar-refractivity contribution is 5.89. The summed E-state index contributed by atoms with van der Waals surface area (Å²) >= 11 is 0. The monoisotopic (exact) mass is 361 g/mol. The Morgan fingerprint density at radius 2 is 1.58 bits per heavy atom. The average molecular weight is 361 g/mol. The molecule has 1 fully saturated rings. The molecule has 0 aliphatic carbocycles. The zero-order chi connectivity index (χ0) is 19.4. The van der Waals surface area contributed by atoms with Crippen LogP contribution in [0.4, 0.5) is 4.79 Å². The molecule has 0 radical (unpaired) electrons. The van der Waals surface area contributed by atoms with Crippen LogP contribution < -0.4 is 5.32 Å². The van der Waals surface area contributed by atoms with Gasteiger partial charge in [0.1, 0.15) is 11.1 Å². The molecule has 1 heterocycles. The number of nitrogens with one attached hydrogen (secondary N) is 1. The number of benzene rings is 1. The van der Waals surface area contributed by atoms with Crippen molar-refractivity contribution in [2.75, 3.05) is 26.2 Å². The first-order chi connectivity index (χ1) is 12.1. The minimum absolute atomic E-state index is 0.0808. The molecule has 26 heavy (non-hydrogen) atoms. The Labute approximate surface area is 156 Å². The maximum absolute atomic E-state index is 12.8. The van der Waals surface area contributed by atoms with Gasteiger partial charge in [-0.05, 0) is 40.2 Å². The van der Waals surface area contributed by atoms with Crippen molar-refractivity contribution >= 4 is 12.0 Å². The molecule has 144 valence electrons. The SMILES string of the molecule is CC(C)(C)OC(=O)NC(C)(C)C(=O)N1CCN(Cc2ccccc2)CC1. The molecule has 2 amide bonds. The fourth-order valence-corrected chi connectivity index (χ4v) is 2.96. The third kappa shape index (κ3) is 6.02. The molecule has 1 saturated heterocycles. The fraction of sp³-hybridized carbons (Fsp3) is 0.600. The zero-order valence-electron chi connectivity index (χ0n) is 16.5. The Kier molecular flexibility index (Phi) is 6.29. The Morgan fingerprint density at radius 3 is 2.12 bits per heavy atom. The van der Waals surface area contributed by atoms with Crippen LogP contribution in [0, 0.1) is 0 Å². The van der Waals surface area contributed by atoms with Crippen molar-refractivity contribution in [2.45, 2.75) is 52.3 Å². The topological polar surface area (TPSA) is 61.9 Å². The lowest BCUT2D eigenvalue weighted by atomic mass is 10.0. The van der Waals surface area contributed by atoms with E-state index in [0.717, 1.165) is 19.6 Å². The highest BCUT2D eigenvalue weighted by Gasteiger charge is 2.36. The van der Waals surface area contributed by atoms with Crippen molar-refractivity contribution in [2.24, 2.45) is 0 Å². The first kappa shape index (κ1) is 20.2. The van der Waals surface area contributed by atoms with E-state index in [1.807, 2.05) is 23.1 Å². The molecule has 1 aliphatic heterocycles. The van der Waals surface area contributed by atoms with Gasteiger partial charge in [-0.15, -0.1) is 0 Å². The highest BCUT2D eigenvalue weighted by atomic mass is 16.6. The predicted octanol–water partition coefficient (Wildman–Crippen LogP) is 2.63. The molecular formula is C20H31N3O3. The summed E-state index contributed by atoms with van der Waals surface area (Å²) in [6, 6.07) is 10.3. The van der Waals surface area contributed by atoms with E-state index in [1.54, 1.807) is 34.6 Å². The van der Waals surface area contributed by atoms with Crippen molar-refractivity contribution < 1.29 is 14.3 Å². The quantitative estimate of drug-likeness (QED) is 0.896. The molecule has 0 spiro atoms. The van der Waals surface area contributed by atoms with E-state index < -0.39 is 17.2 Å². The third-order valence-electron chi connectivity index (χ3n) is 4.26. The van der Waals surface area contributed by atoms with Crippen molar-refractivity contribution in [1.29, 1.82) is 0 Å². The van der Waals surface area contributed by atoms with Crippen LogP contribution in [0.3, 0.4) is 0 Å². The van der Waals surface area contributed by atoms with Gasteiger partial charge in [0.15, 0.2) is 0 Å².